The Morgan fingerprint density at radius 3 is 2.58 bits per heavy atom. The maximum Gasteiger partial charge on any atom is 0.266 e. The van der Waals surface area contributed by atoms with Gasteiger partial charge in [0.05, 0.1) is 40.4 Å². The van der Waals surface area contributed by atoms with Gasteiger partial charge >= 0.3 is 0 Å². The van der Waals surface area contributed by atoms with Crippen LogP contribution in [0.25, 0.3) is 23.0 Å². The molecule has 0 aliphatic carbocycles. The number of carbonyl (C=O) groups is 1. The maximum absolute atomic E-state index is 13.3. The van der Waals surface area contributed by atoms with Crippen molar-refractivity contribution in [3.63, 3.8) is 0 Å². The maximum atomic E-state index is 13.3. The second kappa shape index (κ2) is 10.2. The molecule has 0 N–H and O–H groups in total. The Morgan fingerprint density at radius 1 is 1.17 bits per heavy atom. The normalized spacial score (nSPS) is 20.4. The van der Waals surface area contributed by atoms with E-state index in [-0.39, 0.29) is 17.4 Å². The van der Waals surface area contributed by atoms with Crippen LogP contribution in [0.15, 0.2) is 65.7 Å². The van der Waals surface area contributed by atoms with Gasteiger partial charge in [0, 0.05) is 17.3 Å². The van der Waals surface area contributed by atoms with Gasteiger partial charge < -0.3 is 4.74 Å². The summed E-state index contributed by atoms with van der Waals surface area (Å²) in [5, 5.41) is 4.83. The second-order valence-electron chi connectivity index (χ2n) is 8.69. The highest BCUT2D eigenvalue weighted by Crippen LogP contribution is 2.38. The number of hydrogen-bond acceptors (Lipinski definition) is 7. The standard InChI is InChI=1S/C26H25N3O4S3/c1-2-13-33-22-10-8-18(9-11-22)24-19(16-28(27-24)20-6-4-3-5-7-20)15-23-25(30)29(26(34)35-23)21-12-14-36(31,32)17-21/h3-11,15-16,21H,2,12-14,17H2,1H3/b23-15+/t21-/m0/s1. The molecule has 5 rings (SSSR count). The number of para-hydroxylation sites is 1. The molecule has 186 valence electrons. The summed E-state index contributed by atoms with van der Waals surface area (Å²) in [7, 11) is -3.14. The minimum Gasteiger partial charge on any atom is -0.494 e. The lowest BCUT2D eigenvalue weighted by molar-refractivity contribution is -0.123. The quantitative estimate of drug-likeness (QED) is 0.318. The van der Waals surface area contributed by atoms with Gasteiger partial charge in [-0.2, -0.15) is 5.10 Å². The molecule has 7 nitrogen and oxygen atoms in total. The molecule has 2 aromatic carbocycles. The van der Waals surface area contributed by atoms with Crippen LogP contribution in [0.3, 0.4) is 0 Å². The predicted molar refractivity (Wildman–Crippen MR) is 147 cm³/mol. The van der Waals surface area contributed by atoms with Gasteiger partial charge in [0.1, 0.15) is 10.1 Å². The fraction of sp³-hybridized carbons (Fsp3) is 0.269. The van der Waals surface area contributed by atoms with Gasteiger partial charge in [-0.25, -0.2) is 13.1 Å². The molecule has 3 heterocycles. The summed E-state index contributed by atoms with van der Waals surface area (Å²) >= 11 is 6.68. The Balaban J connectivity index is 1.50. The zero-order chi connectivity index (χ0) is 25.3. The van der Waals surface area contributed by atoms with E-state index in [1.54, 1.807) is 10.8 Å². The Bertz CT molecular complexity index is 1430. The molecule has 2 aliphatic rings. The van der Waals surface area contributed by atoms with Crippen molar-refractivity contribution in [2.45, 2.75) is 25.8 Å². The van der Waals surface area contributed by atoms with Crippen LogP contribution in [0.1, 0.15) is 25.3 Å². The monoisotopic (exact) mass is 539 g/mol. The molecule has 2 saturated heterocycles. The Labute approximate surface area is 220 Å². The summed E-state index contributed by atoms with van der Waals surface area (Å²) < 4.78 is 31.9. The van der Waals surface area contributed by atoms with Crippen LogP contribution < -0.4 is 4.74 Å². The highest BCUT2D eigenvalue weighted by Gasteiger charge is 2.42. The average Bonchev–Trinajstić information content (AvgIpc) is 3.53. The lowest BCUT2D eigenvalue weighted by atomic mass is 10.1. The summed E-state index contributed by atoms with van der Waals surface area (Å²) in [6, 6.07) is 17.1. The lowest BCUT2D eigenvalue weighted by Crippen LogP contribution is -2.39. The van der Waals surface area contributed by atoms with E-state index in [0.717, 1.165) is 34.7 Å². The second-order valence-corrected chi connectivity index (χ2v) is 12.6. The number of hydrogen-bond donors (Lipinski definition) is 0. The van der Waals surface area contributed by atoms with Gasteiger partial charge in [-0.05, 0) is 55.3 Å². The Kier molecular flexibility index (Phi) is 7.00. The third kappa shape index (κ3) is 5.11. The van der Waals surface area contributed by atoms with Crippen molar-refractivity contribution < 1.29 is 17.9 Å². The number of thiocarbonyl (C=S) groups is 1. The first-order chi connectivity index (χ1) is 17.3. The van der Waals surface area contributed by atoms with Crippen molar-refractivity contribution >= 4 is 50.1 Å². The first kappa shape index (κ1) is 24.7. The third-order valence-corrected chi connectivity index (χ3v) is 9.13. The van der Waals surface area contributed by atoms with Crippen LogP contribution in [-0.2, 0) is 14.6 Å². The molecule has 2 aliphatic heterocycles. The molecule has 2 fully saturated rings. The number of rotatable bonds is 7. The molecule has 0 bridgehead atoms. The van der Waals surface area contributed by atoms with Crippen molar-refractivity contribution in [3.05, 3.63) is 71.3 Å². The molecule has 0 saturated carbocycles. The summed E-state index contributed by atoms with van der Waals surface area (Å²) in [5.74, 6) is 0.571. The Morgan fingerprint density at radius 2 is 1.92 bits per heavy atom. The van der Waals surface area contributed by atoms with Gasteiger partial charge in [-0.15, -0.1) is 0 Å². The van der Waals surface area contributed by atoms with Gasteiger partial charge in [-0.1, -0.05) is 49.1 Å². The number of sulfone groups is 1. The van der Waals surface area contributed by atoms with Crippen LogP contribution in [0.2, 0.25) is 0 Å². The van der Waals surface area contributed by atoms with Crippen LogP contribution in [-0.4, -0.2) is 57.5 Å². The molecule has 3 aromatic rings. The number of benzene rings is 2. The van der Waals surface area contributed by atoms with Crippen LogP contribution in [0.4, 0.5) is 0 Å². The zero-order valence-electron chi connectivity index (χ0n) is 19.7. The first-order valence-electron chi connectivity index (χ1n) is 11.7. The molecule has 1 aromatic heterocycles. The van der Waals surface area contributed by atoms with Gasteiger partial charge in [-0.3, -0.25) is 9.69 Å². The van der Waals surface area contributed by atoms with E-state index >= 15 is 0 Å². The van der Waals surface area contributed by atoms with E-state index in [9.17, 15) is 13.2 Å². The fourth-order valence-corrected chi connectivity index (χ4v) is 7.37. The van der Waals surface area contributed by atoms with Gasteiger partial charge in [0.2, 0.25) is 0 Å². The molecule has 0 unspecified atom stereocenters. The largest absolute Gasteiger partial charge is 0.494 e. The van der Waals surface area contributed by atoms with E-state index in [2.05, 4.69) is 6.92 Å². The van der Waals surface area contributed by atoms with Crippen molar-refractivity contribution in [3.8, 4) is 22.7 Å². The molecule has 0 radical (unpaired) electrons. The molecule has 1 atom stereocenters. The zero-order valence-corrected chi connectivity index (χ0v) is 22.1. The van der Waals surface area contributed by atoms with Crippen LogP contribution >= 0.6 is 24.0 Å². The van der Waals surface area contributed by atoms with Gasteiger partial charge in [0.25, 0.3) is 5.91 Å². The summed E-state index contributed by atoms with van der Waals surface area (Å²) in [4.78, 5) is 15.2. The predicted octanol–water partition coefficient (Wildman–Crippen LogP) is 4.72. The van der Waals surface area contributed by atoms with E-state index in [4.69, 9.17) is 22.1 Å². The van der Waals surface area contributed by atoms with E-state index in [1.165, 1.54) is 16.7 Å². The number of thioether (sulfide) groups is 1. The summed E-state index contributed by atoms with van der Waals surface area (Å²) in [6.07, 6.45) is 5.02. The van der Waals surface area contributed by atoms with E-state index in [1.807, 2.05) is 60.8 Å². The van der Waals surface area contributed by atoms with E-state index in [0.29, 0.717) is 22.3 Å². The number of ether oxygens (including phenoxy) is 1. The van der Waals surface area contributed by atoms with Crippen molar-refractivity contribution in [2.75, 3.05) is 18.1 Å². The third-order valence-electron chi connectivity index (χ3n) is 6.05. The smallest absolute Gasteiger partial charge is 0.266 e. The molecule has 0 spiro atoms. The highest BCUT2D eigenvalue weighted by molar-refractivity contribution is 8.26. The van der Waals surface area contributed by atoms with E-state index < -0.39 is 15.9 Å². The first-order valence-corrected chi connectivity index (χ1v) is 14.7. The lowest BCUT2D eigenvalue weighted by Gasteiger charge is -2.20. The number of carbonyl (C=O) groups excluding carboxylic acids is 1. The van der Waals surface area contributed by atoms with Gasteiger partial charge in [0.15, 0.2) is 9.84 Å². The minimum absolute atomic E-state index is 0.0453. The van der Waals surface area contributed by atoms with Crippen molar-refractivity contribution in [1.82, 2.24) is 14.7 Å². The van der Waals surface area contributed by atoms with Crippen molar-refractivity contribution in [2.24, 2.45) is 0 Å². The fourth-order valence-electron chi connectivity index (χ4n) is 4.27. The molecular weight excluding hydrogens is 515 g/mol. The summed E-state index contributed by atoms with van der Waals surface area (Å²) in [6.45, 7) is 2.71. The number of nitrogens with zero attached hydrogens (tertiary/aromatic N) is 3. The Hall–Kier alpha value is -2.95. The SMILES string of the molecule is CCCOc1ccc(-c2nn(-c3ccccc3)cc2/C=C2/SC(=S)N([C@H]3CCS(=O)(=O)C3)C2=O)cc1. The minimum atomic E-state index is -3.14. The molecule has 10 heteroatoms. The summed E-state index contributed by atoms with van der Waals surface area (Å²) in [5.41, 5.74) is 3.26. The van der Waals surface area contributed by atoms with Crippen molar-refractivity contribution in [1.29, 1.82) is 0 Å². The average molecular weight is 540 g/mol. The highest BCUT2D eigenvalue weighted by atomic mass is 32.2. The molecular formula is C26H25N3O4S3. The number of aromatic nitrogens is 2. The van der Waals surface area contributed by atoms with Crippen LogP contribution in [0.5, 0.6) is 5.75 Å². The number of amides is 1. The molecule has 1 amide bonds. The molecule has 36 heavy (non-hydrogen) atoms. The topological polar surface area (TPSA) is 81.5 Å². The van der Waals surface area contributed by atoms with Crippen LogP contribution in [0, 0.1) is 0 Å².